The van der Waals surface area contributed by atoms with Crippen molar-refractivity contribution in [2.24, 2.45) is 0 Å². The van der Waals surface area contributed by atoms with Gasteiger partial charge in [-0.15, -0.1) is 5.10 Å². The van der Waals surface area contributed by atoms with E-state index in [-0.39, 0.29) is 23.0 Å². The molecule has 2 aliphatic heterocycles. The van der Waals surface area contributed by atoms with Gasteiger partial charge < -0.3 is 15.0 Å². The van der Waals surface area contributed by atoms with E-state index in [9.17, 15) is 22.0 Å². The van der Waals surface area contributed by atoms with Crippen LogP contribution in [0.25, 0.3) is 5.69 Å². The summed E-state index contributed by atoms with van der Waals surface area (Å²) >= 11 is 0. The van der Waals surface area contributed by atoms with E-state index in [1.807, 2.05) is 4.90 Å². The van der Waals surface area contributed by atoms with E-state index in [1.165, 1.54) is 35.3 Å². The summed E-state index contributed by atoms with van der Waals surface area (Å²) in [7, 11) is 0. The number of ether oxygens (including phenoxy) is 1. The fraction of sp³-hybridized carbons (Fsp3) is 0.409. The molecule has 0 amide bonds. The molecule has 186 valence electrons. The van der Waals surface area contributed by atoms with Gasteiger partial charge in [0.05, 0.1) is 30.5 Å². The summed E-state index contributed by atoms with van der Waals surface area (Å²) in [4.78, 5) is 12.8. The number of piperazine rings is 1. The Labute approximate surface area is 197 Å². The number of nitrogens with zero attached hydrogens (tertiary/aromatic N) is 6. The van der Waals surface area contributed by atoms with Gasteiger partial charge in [-0.05, 0) is 30.3 Å². The molecule has 0 radical (unpaired) electrons. The second-order valence-corrected chi connectivity index (χ2v) is 8.34. The molecule has 0 spiro atoms. The molecule has 2 aliphatic rings. The molecule has 2 saturated heterocycles. The number of halogens is 5. The van der Waals surface area contributed by atoms with Crippen molar-refractivity contribution in [2.45, 2.75) is 18.6 Å². The highest BCUT2D eigenvalue weighted by Crippen LogP contribution is 2.31. The minimum absolute atomic E-state index is 0.0158. The number of rotatable bonds is 6. The third kappa shape index (κ3) is 5.20. The average Bonchev–Trinajstić information content (AvgIpc) is 3.26. The summed E-state index contributed by atoms with van der Waals surface area (Å²) in [6, 6.07) is 7.62. The van der Waals surface area contributed by atoms with Gasteiger partial charge >= 0.3 is 6.18 Å². The van der Waals surface area contributed by atoms with E-state index in [4.69, 9.17) is 4.74 Å². The van der Waals surface area contributed by atoms with Gasteiger partial charge in [0.25, 0.3) is 6.43 Å². The minimum Gasteiger partial charge on any atom is -0.378 e. The summed E-state index contributed by atoms with van der Waals surface area (Å²) < 4.78 is 72.6. The predicted molar refractivity (Wildman–Crippen MR) is 117 cm³/mol. The maximum absolute atomic E-state index is 13.6. The van der Waals surface area contributed by atoms with Crippen molar-refractivity contribution < 1.29 is 26.7 Å². The van der Waals surface area contributed by atoms with Crippen LogP contribution < -0.4 is 10.2 Å². The van der Waals surface area contributed by atoms with E-state index in [1.54, 1.807) is 0 Å². The van der Waals surface area contributed by atoms with Crippen molar-refractivity contribution in [3.05, 3.63) is 53.9 Å². The molecular formula is C22H22F5N7O. The van der Waals surface area contributed by atoms with E-state index in [0.29, 0.717) is 38.2 Å². The zero-order valence-corrected chi connectivity index (χ0v) is 18.4. The molecule has 0 atom stereocenters. The van der Waals surface area contributed by atoms with E-state index >= 15 is 0 Å². The maximum atomic E-state index is 13.6. The number of alkyl halides is 5. The molecule has 5 rings (SSSR count). The highest BCUT2D eigenvalue weighted by molar-refractivity contribution is 5.56. The second-order valence-electron chi connectivity index (χ2n) is 8.34. The molecule has 8 nitrogen and oxygen atoms in total. The van der Waals surface area contributed by atoms with E-state index in [2.05, 4.69) is 25.3 Å². The van der Waals surface area contributed by atoms with Crippen LogP contribution in [0.4, 0.5) is 39.5 Å². The minimum atomic E-state index is -4.50. The summed E-state index contributed by atoms with van der Waals surface area (Å²) in [6.45, 7) is 4.26. The van der Waals surface area contributed by atoms with Crippen LogP contribution in [0.3, 0.4) is 0 Å². The fourth-order valence-corrected chi connectivity index (χ4v) is 4.02. The zero-order valence-electron chi connectivity index (χ0n) is 18.4. The first-order valence-corrected chi connectivity index (χ1v) is 11.0. The van der Waals surface area contributed by atoms with Crippen LogP contribution in [0.2, 0.25) is 0 Å². The lowest BCUT2D eigenvalue weighted by Gasteiger charge is -2.42. The number of aromatic nitrogens is 4. The molecule has 35 heavy (non-hydrogen) atoms. The largest absolute Gasteiger partial charge is 0.416 e. The van der Waals surface area contributed by atoms with Gasteiger partial charge in [-0.3, -0.25) is 4.90 Å². The van der Waals surface area contributed by atoms with Crippen molar-refractivity contribution in [1.82, 2.24) is 24.6 Å². The topological polar surface area (TPSA) is 71.3 Å². The quantitative estimate of drug-likeness (QED) is 0.521. The first-order chi connectivity index (χ1) is 16.8. The number of hydrogen-bond acceptors (Lipinski definition) is 7. The van der Waals surface area contributed by atoms with Crippen LogP contribution in [0.1, 0.15) is 17.6 Å². The molecule has 0 bridgehead atoms. The fourth-order valence-electron chi connectivity index (χ4n) is 4.02. The third-order valence-electron chi connectivity index (χ3n) is 6.03. The van der Waals surface area contributed by atoms with Gasteiger partial charge in [-0.2, -0.15) is 18.2 Å². The Morgan fingerprint density at radius 1 is 1.03 bits per heavy atom. The van der Waals surface area contributed by atoms with Crippen LogP contribution in [0.5, 0.6) is 0 Å². The Morgan fingerprint density at radius 3 is 2.46 bits per heavy atom. The monoisotopic (exact) mass is 495 g/mol. The molecule has 1 N–H and O–H groups in total. The van der Waals surface area contributed by atoms with Gasteiger partial charge in [-0.25, -0.2) is 18.4 Å². The molecule has 13 heteroatoms. The smallest absolute Gasteiger partial charge is 0.378 e. The van der Waals surface area contributed by atoms with E-state index in [0.717, 1.165) is 25.2 Å². The Morgan fingerprint density at radius 2 is 1.80 bits per heavy atom. The molecule has 0 aliphatic carbocycles. The van der Waals surface area contributed by atoms with Crippen molar-refractivity contribution in [3.8, 4) is 5.69 Å². The lowest BCUT2D eigenvalue weighted by Crippen LogP contribution is -2.56. The van der Waals surface area contributed by atoms with Crippen LogP contribution in [-0.2, 0) is 10.9 Å². The molecule has 0 unspecified atom stereocenters. The van der Waals surface area contributed by atoms with Crippen molar-refractivity contribution in [2.75, 3.05) is 49.6 Å². The van der Waals surface area contributed by atoms with Gasteiger partial charge in [0.1, 0.15) is 18.0 Å². The number of nitrogens with one attached hydrogen (secondary N) is 1. The molecule has 1 aromatic carbocycles. The lowest BCUT2D eigenvalue weighted by atomic mass is 10.1. The highest BCUT2D eigenvalue weighted by atomic mass is 19.4. The number of anilines is 3. The maximum Gasteiger partial charge on any atom is 0.416 e. The second kappa shape index (κ2) is 9.38. The lowest BCUT2D eigenvalue weighted by molar-refractivity contribution is -0.137. The Balaban J connectivity index is 1.33. The van der Waals surface area contributed by atoms with Gasteiger partial charge in [0.2, 0.25) is 5.95 Å². The average molecular weight is 495 g/mol. The van der Waals surface area contributed by atoms with E-state index < -0.39 is 18.2 Å². The van der Waals surface area contributed by atoms with Gasteiger partial charge in [-0.1, -0.05) is 6.07 Å². The Hall–Kier alpha value is -3.32. The first-order valence-electron chi connectivity index (χ1n) is 11.0. The molecular weight excluding hydrogens is 473 g/mol. The first kappa shape index (κ1) is 23.4. The van der Waals surface area contributed by atoms with Crippen molar-refractivity contribution in [1.29, 1.82) is 0 Å². The zero-order chi connectivity index (χ0) is 24.6. The standard InChI is InChI=1S/C22H22F5N7O/c23-20(24)14-8-18(29-19(9-14)33-6-4-32(5-7-33)17-11-35-12-17)30-21-28-13-34(31-21)16-3-1-2-15(10-16)22(25,26)27/h1-3,8-10,13,17,20H,4-7,11-12H2,(H,29,30,31). The number of benzene rings is 1. The molecule has 0 saturated carbocycles. The van der Waals surface area contributed by atoms with Gasteiger partial charge in [0, 0.05) is 31.7 Å². The molecule has 3 aromatic rings. The van der Waals surface area contributed by atoms with Crippen LogP contribution >= 0.6 is 0 Å². The summed E-state index contributed by atoms with van der Waals surface area (Å²) in [5, 5.41) is 6.92. The Kier molecular flexibility index (Phi) is 6.28. The summed E-state index contributed by atoms with van der Waals surface area (Å²) in [6.07, 6.45) is -5.97. The van der Waals surface area contributed by atoms with Crippen LogP contribution in [0.15, 0.2) is 42.7 Å². The SMILES string of the molecule is FC(F)c1cc(Nc2ncn(-c3cccc(C(F)(F)F)c3)n2)nc(N2CCN(C3COC3)CC2)c1. The summed E-state index contributed by atoms with van der Waals surface area (Å²) in [5.74, 6) is 0.545. The normalized spacial score (nSPS) is 17.6. The molecule has 2 aromatic heterocycles. The summed E-state index contributed by atoms with van der Waals surface area (Å²) in [5.41, 5.74) is -0.865. The third-order valence-corrected chi connectivity index (χ3v) is 6.03. The predicted octanol–water partition coefficient (Wildman–Crippen LogP) is 3.88. The van der Waals surface area contributed by atoms with Crippen LogP contribution in [0, 0.1) is 0 Å². The molecule has 4 heterocycles. The van der Waals surface area contributed by atoms with Gasteiger partial charge in [0.15, 0.2) is 0 Å². The molecule has 2 fully saturated rings. The number of hydrogen-bond donors (Lipinski definition) is 1. The number of pyridine rings is 1. The van der Waals surface area contributed by atoms with Crippen molar-refractivity contribution >= 4 is 17.6 Å². The van der Waals surface area contributed by atoms with Crippen molar-refractivity contribution in [3.63, 3.8) is 0 Å². The highest BCUT2D eigenvalue weighted by Gasteiger charge is 2.31. The van der Waals surface area contributed by atoms with Crippen LogP contribution in [-0.4, -0.2) is 70.1 Å². The Bertz CT molecular complexity index is 1170.